The van der Waals surface area contributed by atoms with Crippen LogP contribution in [0.5, 0.6) is 0 Å². The standard InChI is InChI=1S/C23H27N3O2S2/c1-7-26(11-14(2)3)19(27)13-30-23-24-21-20(22(28)25(23)6)18(12-29-21)17-9-8-15(4)16(5)10-17/h8-10,12H,2,7,11,13H2,1,3-6H3. The van der Waals surface area contributed by atoms with Crippen molar-refractivity contribution in [3.63, 3.8) is 0 Å². The zero-order valence-electron chi connectivity index (χ0n) is 18.1. The average molecular weight is 442 g/mol. The first-order valence-corrected chi connectivity index (χ1v) is 11.7. The van der Waals surface area contributed by atoms with E-state index in [9.17, 15) is 9.59 Å². The second kappa shape index (κ2) is 9.18. The Balaban J connectivity index is 1.91. The maximum absolute atomic E-state index is 13.1. The molecule has 0 aliphatic heterocycles. The van der Waals surface area contributed by atoms with E-state index in [1.165, 1.54) is 34.2 Å². The van der Waals surface area contributed by atoms with E-state index >= 15 is 0 Å². The third-order valence-electron chi connectivity index (χ3n) is 5.11. The van der Waals surface area contributed by atoms with Crippen LogP contribution in [0.3, 0.4) is 0 Å². The number of rotatable bonds is 7. The normalized spacial score (nSPS) is 11.1. The number of likely N-dealkylation sites (N-methyl/N-ethyl adjacent to an activating group) is 1. The van der Waals surface area contributed by atoms with E-state index < -0.39 is 0 Å². The lowest BCUT2D eigenvalue weighted by atomic mass is 10.0. The fourth-order valence-corrected chi connectivity index (χ4v) is 5.09. The Morgan fingerprint density at radius 3 is 2.67 bits per heavy atom. The number of thioether (sulfide) groups is 1. The fourth-order valence-electron chi connectivity index (χ4n) is 3.22. The van der Waals surface area contributed by atoms with Crippen LogP contribution in [-0.2, 0) is 11.8 Å². The second-order valence-electron chi connectivity index (χ2n) is 7.54. The predicted octanol–water partition coefficient (Wildman–Crippen LogP) is 4.80. The molecule has 3 aromatic rings. The summed E-state index contributed by atoms with van der Waals surface area (Å²) in [5, 5.41) is 3.19. The van der Waals surface area contributed by atoms with Crippen molar-refractivity contribution in [3.05, 3.63) is 57.2 Å². The molecule has 0 bridgehead atoms. The topological polar surface area (TPSA) is 55.2 Å². The summed E-state index contributed by atoms with van der Waals surface area (Å²) in [6.45, 7) is 13.1. The molecule has 0 aliphatic rings. The number of amides is 1. The van der Waals surface area contributed by atoms with E-state index in [-0.39, 0.29) is 17.2 Å². The van der Waals surface area contributed by atoms with Crippen molar-refractivity contribution in [2.45, 2.75) is 32.9 Å². The monoisotopic (exact) mass is 441 g/mol. The van der Waals surface area contributed by atoms with Crippen LogP contribution >= 0.6 is 23.1 Å². The highest BCUT2D eigenvalue weighted by molar-refractivity contribution is 7.99. The van der Waals surface area contributed by atoms with Gasteiger partial charge in [-0.1, -0.05) is 42.1 Å². The van der Waals surface area contributed by atoms with E-state index in [0.717, 1.165) is 16.7 Å². The van der Waals surface area contributed by atoms with Crippen molar-refractivity contribution in [3.8, 4) is 11.1 Å². The highest BCUT2D eigenvalue weighted by Crippen LogP contribution is 2.33. The molecule has 0 saturated carbocycles. The summed E-state index contributed by atoms with van der Waals surface area (Å²) in [5.41, 5.74) is 5.21. The Hall–Kier alpha value is -2.38. The van der Waals surface area contributed by atoms with E-state index in [0.29, 0.717) is 28.5 Å². The number of hydrogen-bond donors (Lipinski definition) is 0. The summed E-state index contributed by atoms with van der Waals surface area (Å²) < 4.78 is 1.55. The van der Waals surface area contributed by atoms with Gasteiger partial charge in [0, 0.05) is 31.1 Å². The van der Waals surface area contributed by atoms with Crippen LogP contribution < -0.4 is 5.56 Å². The number of aromatic nitrogens is 2. The summed E-state index contributed by atoms with van der Waals surface area (Å²) in [6.07, 6.45) is 0. The third-order valence-corrected chi connectivity index (χ3v) is 7.00. The number of thiophene rings is 1. The number of nitrogens with zero attached hydrogens (tertiary/aromatic N) is 3. The molecule has 0 saturated heterocycles. The minimum atomic E-state index is -0.0845. The second-order valence-corrected chi connectivity index (χ2v) is 9.34. The van der Waals surface area contributed by atoms with Crippen molar-refractivity contribution in [2.75, 3.05) is 18.8 Å². The molecule has 1 amide bonds. The Morgan fingerprint density at radius 1 is 1.30 bits per heavy atom. The van der Waals surface area contributed by atoms with Crippen LogP contribution in [0, 0.1) is 13.8 Å². The molecule has 158 valence electrons. The molecule has 0 radical (unpaired) electrons. The molecule has 7 heteroatoms. The van der Waals surface area contributed by atoms with Crippen molar-refractivity contribution in [2.24, 2.45) is 7.05 Å². The predicted molar refractivity (Wildman–Crippen MR) is 128 cm³/mol. The molecule has 0 fully saturated rings. The van der Waals surface area contributed by atoms with Crippen LogP contribution in [0.2, 0.25) is 0 Å². The summed E-state index contributed by atoms with van der Waals surface area (Å²) in [4.78, 5) is 32.8. The third kappa shape index (κ3) is 4.52. The van der Waals surface area contributed by atoms with Gasteiger partial charge in [-0.25, -0.2) is 4.98 Å². The molecular formula is C23H27N3O2S2. The lowest BCUT2D eigenvalue weighted by Crippen LogP contribution is -2.33. The molecule has 5 nitrogen and oxygen atoms in total. The van der Waals surface area contributed by atoms with Crippen molar-refractivity contribution in [1.82, 2.24) is 14.5 Å². The van der Waals surface area contributed by atoms with Gasteiger partial charge in [0.05, 0.1) is 11.1 Å². The minimum absolute atomic E-state index is 0.0156. The van der Waals surface area contributed by atoms with Crippen LogP contribution in [0.25, 0.3) is 21.3 Å². The zero-order chi connectivity index (χ0) is 22.0. The first-order valence-electron chi connectivity index (χ1n) is 9.83. The molecule has 0 atom stereocenters. The van der Waals surface area contributed by atoms with Crippen molar-refractivity contribution >= 4 is 39.2 Å². The summed E-state index contributed by atoms with van der Waals surface area (Å²) in [5.74, 6) is 0.254. The van der Waals surface area contributed by atoms with Gasteiger partial charge in [-0.05, 0) is 44.4 Å². The van der Waals surface area contributed by atoms with E-state index in [4.69, 9.17) is 4.98 Å². The van der Waals surface area contributed by atoms with Gasteiger partial charge in [-0.15, -0.1) is 11.3 Å². The molecule has 2 aromatic heterocycles. The molecule has 0 unspecified atom stereocenters. The lowest BCUT2D eigenvalue weighted by Gasteiger charge is -2.20. The maximum atomic E-state index is 13.1. The minimum Gasteiger partial charge on any atom is -0.338 e. The fraction of sp³-hybridized carbons (Fsp3) is 0.348. The number of fused-ring (bicyclic) bond motifs is 1. The molecule has 1 aromatic carbocycles. The van der Waals surface area contributed by atoms with Gasteiger partial charge in [0.25, 0.3) is 5.56 Å². The van der Waals surface area contributed by atoms with Gasteiger partial charge in [-0.2, -0.15) is 0 Å². The van der Waals surface area contributed by atoms with Crippen LogP contribution in [0.4, 0.5) is 0 Å². The quantitative estimate of drug-likeness (QED) is 0.300. The summed E-state index contributed by atoms with van der Waals surface area (Å²) >= 11 is 2.77. The highest BCUT2D eigenvalue weighted by Gasteiger charge is 2.18. The Morgan fingerprint density at radius 2 is 2.03 bits per heavy atom. The SMILES string of the molecule is C=C(C)CN(CC)C(=O)CSc1nc2scc(-c3ccc(C)c(C)c3)c2c(=O)n1C. The van der Waals surface area contributed by atoms with Gasteiger partial charge >= 0.3 is 0 Å². The maximum Gasteiger partial charge on any atom is 0.263 e. The van der Waals surface area contributed by atoms with Gasteiger partial charge in [-0.3, -0.25) is 14.2 Å². The first kappa shape index (κ1) is 22.3. The van der Waals surface area contributed by atoms with Gasteiger partial charge in [0.1, 0.15) is 4.83 Å². The smallest absolute Gasteiger partial charge is 0.263 e. The summed E-state index contributed by atoms with van der Waals surface area (Å²) in [6, 6.07) is 6.23. The lowest BCUT2D eigenvalue weighted by molar-refractivity contribution is -0.127. The van der Waals surface area contributed by atoms with E-state index in [2.05, 4.69) is 32.6 Å². The Labute approximate surface area is 185 Å². The van der Waals surface area contributed by atoms with Gasteiger partial charge in [0.15, 0.2) is 5.16 Å². The Kier molecular flexibility index (Phi) is 6.83. The van der Waals surface area contributed by atoms with Crippen LogP contribution in [0.15, 0.2) is 45.7 Å². The molecule has 0 N–H and O–H groups in total. The molecule has 2 heterocycles. The first-order chi connectivity index (χ1) is 14.2. The molecule has 0 spiro atoms. The van der Waals surface area contributed by atoms with E-state index in [1.54, 1.807) is 16.5 Å². The van der Waals surface area contributed by atoms with Crippen molar-refractivity contribution in [1.29, 1.82) is 0 Å². The zero-order valence-corrected chi connectivity index (χ0v) is 19.7. The van der Waals surface area contributed by atoms with Crippen molar-refractivity contribution < 1.29 is 4.79 Å². The number of benzene rings is 1. The number of carbonyl (C=O) groups is 1. The number of aryl methyl sites for hydroxylation is 2. The van der Waals surface area contributed by atoms with Gasteiger partial charge < -0.3 is 4.90 Å². The number of hydrogen-bond acceptors (Lipinski definition) is 5. The largest absolute Gasteiger partial charge is 0.338 e. The van der Waals surface area contributed by atoms with Crippen LogP contribution in [-0.4, -0.2) is 39.2 Å². The summed E-state index contributed by atoms with van der Waals surface area (Å²) in [7, 11) is 1.72. The van der Waals surface area contributed by atoms with Gasteiger partial charge in [0.2, 0.25) is 5.91 Å². The molecule has 30 heavy (non-hydrogen) atoms. The molecular weight excluding hydrogens is 414 g/mol. The highest BCUT2D eigenvalue weighted by atomic mass is 32.2. The van der Waals surface area contributed by atoms with E-state index in [1.807, 2.05) is 25.3 Å². The number of carbonyl (C=O) groups excluding carboxylic acids is 1. The Bertz CT molecular complexity index is 1180. The molecule has 0 aliphatic carbocycles. The average Bonchev–Trinajstić information content (AvgIpc) is 3.13. The molecule has 3 rings (SSSR count). The van der Waals surface area contributed by atoms with Crippen LogP contribution in [0.1, 0.15) is 25.0 Å².